The van der Waals surface area contributed by atoms with Crippen molar-refractivity contribution in [1.29, 1.82) is 0 Å². The lowest BCUT2D eigenvalue weighted by atomic mass is 10.5. The number of halogens is 4. The highest BCUT2D eigenvalue weighted by Gasteiger charge is 2.30. The molecule has 2 rings (SSSR count). The molecular formula is C9H8BrF3N4O2S. The van der Waals surface area contributed by atoms with Crippen LogP contribution < -0.4 is 4.72 Å². The first kappa shape index (κ1) is 15.0. The Morgan fingerprint density at radius 2 is 2.05 bits per heavy atom. The maximum absolute atomic E-state index is 12.1. The maximum atomic E-state index is 12.1. The van der Waals surface area contributed by atoms with E-state index in [4.69, 9.17) is 0 Å². The molecule has 0 saturated carbocycles. The standard InChI is InChI=1S/C9H8BrF3N4O2S/c10-7-2-1-6-8(14-5-15-17(6)7)16-20(18,19)4-3-9(11,12)13/h1-2,5H,3-4H2,(H,14,15,16). The van der Waals surface area contributed by atoms with E-state index >= 15 is 0 Å². The van der Waals surface area contributed by atoms with E-state index in [-0.39, 0.29) is 5.82 Å². The third kappa shape index (κ3) is 3.60. The number of hydrogen-bond donors (Lipinski definition) is 1. The number of hydrogen-bond acceptors (Lipinski definition) is 4. The first-order valence-corrected chi connectivity index (χ1v) is 7.68. The third-order valence-electron chi connectivity index (χ3n) is 2.31. The van der Waals surface area contributed by atoms with E-state index in [0.29, 0.717) is 10.1 Å². The topological polar surface area (TPSA) is 76.4 Å². The van der Waals surface area contributed by atoms with Gasteiger partial charge in [-0.25, -0.2) is 17.9 Å². The quantitative estimate of drug-likeness (QED) is 0.892. The predicted molar refractivity (Wildman–Crippen MR) is 68.8 cm³/mol. The summed E-state index contributed by atoms with van der Waals surface area (Å²) < 4.78 is 63.3. The number of rotatable bonds is 4. The molecule has 1 N–H and O–H groups in total. The van der Waals surface area contributed by atoms with Gasteiger partial charge in [-0.2, -0.15) is 18.3 Å². The molecule has 0 aromatic carbocycles. The largest absolute Gasteiger partial charge is 0.390 e. The average Bonchev–Trinajstić information content (AvgIpc) is 2.69. The predicted octanol–water partition coefficient (Wildman–Crippen LogP) is 2.19. The summed E-state index contributed by atoms with van der Waals surface area (Å²) in [4.78, 5) is 3.73. The van der Waals surface area contributed by atoms with Crippen LogP contribution in [-0.4, -0.2) is 34.9 Å². The fourth-order valence-corrected chi connectivity index (χ4v) is 2.90. The minimum absolute atomic E-state index is 0.0760. The van der Waals surface area contributed by atoms with E-state index in [0.717, 1.165) is 6.33 Å². The number of nitrogens with one attached hydrogen (secondary N) is 1. The summed E-state index contributed by atoms with van der Waals surface area (Å²) in [6.45, 7) is 0. The molecule has 20 heavy (non-hydrogen) atoms. The Bertz CT molecular complexity index is 728. The lowest BCUT2D eigenvalue weighted by molar-refractivity contribution is -0.129. The smallest absolute Gasteiger partial charge is 0.265 e. The number of fused-ring (bicyclic) bond motifs is 1. The van der Waals surface area contributed by atoms with E-state index < -0.39 is 28.4 Å². The van der Waals surface area contributed by atoms with E-state index in [1.165, 1.54) is 10.6 Å². The van der Waals surface area contributed by atoms with Crippen molar-refractivity contribution in [3.8, 4) is 0 Å². The summed E-state index contributed by atoms with van der Waals surface area (Å²) in [5.41, 5.74) is 0.329. The number of aromatic nitrogens is 3. The van der Waals surface area contributed by atoms with Gasteiger partial charge in [-0.1, -0.05) is 0 Å². The van der Waals surface area contributed by atoms with Gasteiger partial charge in [0.1, 0.15) is 16.4 Å². The van der Waals surface area contributed by atoms with Crippen LogP contribution >= 0.6 is 15.9 Å². The zero-order valence-corrected chi connectivity index (χ0v) is 12.1. The Morgan fingerprint density at radius 1 is 1.35 bits per heavy atom. The van der Waals surface area contributed by atoms with Crippen molar-refractivity contribution in [2.45, 2.75) is 12.6 Å². The zero-order chi connectivity index (χ0) is 15.0. The van der Waals surface area contributed by atoms with Crippen LogP contribution in [0, 0.1) is 0 Å². The molecule has 0 saturated heterocycles. The highest BCUT2D eigenvalue weighted by Crippen LogP contribution is 2.23. The summed E-state index contributed by atoms with van der Waals surface area (Å²) in [6, 6.07) is 3.14. The SMILES string of the molecule is O=S(=O)(CCC(F)(F)F)Nc1ncnn2c(Br)ccc12. The highest BCUT2D eigenvalue weighted by atomic mass is 79.9. The third-order valence-corrected chi connectivity index (χ3v) is 4.16. The second kappa shape index (κ2) is 5.20. The van der Waals surface area contributed by atoms with Crippen molar-refractivity contribution in [2.75, 3.05) is 10.5 Å². The molecule has 2 aromatic heterocycles. The summed E-state index contributed by atoms with van der Waals surface area (Å²) >= 11 is 3.18. The summed E-state index contributed by atoms with van der Waals surface area (Å²) in [5, 5.41) is 3.86. The van der Waals surface area contributed by atoms with Crippen LogP contribution in [0.1, 0.15) is 6.42 Å². The lowest BCUT2D eigenvalue weighted by Gasteiger charge is -2.09. The molecule has 0 bridgehead atoms. The van der Waals surface area contributed by atoms with Crippen LogP contribution in [-0.2, 0) is 10.0 Å². The number of anilines is 1. The van der Waals surface area contributed by atoms with Gasteiger partial charge in [0, 0.05) is 0 Å². The maximum Gasteiger partial charge on any atom is 0.390 e. The van der Waals surface area contributed by atoms with Crippen molar-refractivity contribution in [3.05, 3.63) is 23.1 Å². The minimum atomic E-state index is -4.53. The summed E-state index contributed by atoms with van der Waals surface area (Å²) in [6.07, 6.45) is -4.86. The fourth-order valence-electron chi connectivity index (χ4n) is 1.43. The molecule has 0 radical (unpaired) electrons. The van der Waals surface area contributed by atoms with Crippen molar-refractivity contribution < 1.29 is 21.6 Å². The molecule has 6 nitrogen and oxygen atoms in total. The molecule has 0 amide bonds. The number of alkyl halides is 3. The van der Waals surface area contributed by atoms with Gasteiger partial charge in [-0.05, 0) is 28.1 Å². The van der Waals surface area contributed by atoms with Crippen LogP contribution in [0.15, 0.2) is 23.1 Å². The second-order valence-corrected chi connectivity index (χ2v) is 6.50. The monoisotopic (exact) mass is 372 g/mol. The Kier molecular flexibility index (Phi) is 3.91. The number of nitrogens with zero attached hydrogens (tertiary/aromatic N) is 3. The Morgan fingerprint density at radius 3 is 2.70 bits per heavy atom. The van der Waals surface area contributed by atoms with Crippen molar-refractivity contribution in [1.82, 2.24) is 14.6 Å². The number of sulfonamides is 1. The minimum Gasteiger partial charge on any atom is -0.265 e. The molecule has 11 heteroatoms. The van der Waals surface area contributed by atoms with Gasteiger partial charge < -0.3 is 0 Å². The Balaban J connectivity index is 2.23. The molecule has 0 spiro atoms. The summed E-state index contributed by atoms with van der Waals surface area (Å²) in [7, 11) is -4.14. The second-order valence-electron chi connectivity index (χ2n) is 3.85. The van der Waals surface area contributed by atoms with Gasteiger partial charge in [0.25, 0.3) is 0 Å². The van der Waals surface area contributed by atoms with Gasteiger partial charge in [0.15, 0.2) is 5.82 Å². The van der Waals surface area contributed by atoms with Crippen LogP contribution in [0.2, 0.25) is 0 Å². The van der Waals surface area contributed by atoms with Crippen LogP contribution in [0.5, 0.6) is 0 Å². The summed E-state index contributed by atoms with van der Waals surface area (Å²) in [5.74, 6) is -1.14. The molecule has 0 aliphatic rings. The fraction of sp³-hybridized carbons (Fsp3) is 0.333. The molecule has 0 aliphatic carbocycles. The van der Waals surface area contributed by atoms with Gasteiger partial charge in [-0.3, -0.25) is 4.72 Å². The van der Waals surface area contributed by atoms with Crippen LogP contribution in [0.25, 0.3) is 5.52 Å². The van der Waals surface area contributed by atoms with Crippen molar-refractivity contribution >= 4 is 37.3 Å². The molecule has 2 heterocycles. The van der Waals surface area contributed by atoms with E-state index in [9.17, 15) is 21.6 Å². The van der Waals surface area contributed by atoms with Crippen molar-refractivity contribution in [2.24, 2.45) is 0 Å². The Labute approximate surface area is 120 Å². The lowest BCUT2D eigenvalue weighted by Crippen LogP contribution is -2.22. The van der Waals surface area contributed by atoms with Gasteiger partial charge in [-0.15, -0.1) is 0 Å². The van der Waals surface area contributed by atoms with Crippen LogP contribution in [0.4, 0.5) is 19.0 Å². The van der Waals surface area contributed by atoms with Gasteiger partial charge in [0.2, 0.25) is 10.0 Å². The first-order valence-electron chi connectivity index (χ1n) is 5.23. The molecule has 0 aliphatic heterocycles. The molecular weight excluding hydrogens is 365 g/mol. The molecule has 0 unspecified atom stereocenters. The molecule has 110 valence electrons. The normalized spacial score (nSPS) is 12.8. The van der Waals surface area contributed by atoms with Gasteiger partial charge in [0.05, 0.1) is 12.2 Å². The average molecular weight is 373 g/mol. The highest BCUT2D eigenvalue weighted by molar-refractivity contribution is 9.10. The first-order chi connectivity index (χ1) is 9.18. The zero-order valence-electron chi connectivity index (χ0n) is 9.72. The van der Waals surface area contributed by atoms with Crippen LogP contribution in [0.3, 0.4) is 0 Å². The van der Waals surface area contributed by atoms with E-state index in [1.807, 2.05) is 4.72 Å². The Hall–Kier alpha value is -1.36. The molecule has 2 aromatic rings. The van der Waals surface area contributed by atoms with E-state index in [1.54, 1.807) is 6.07 Å². The molecule has 0 atom stereocenters. The molecule has 0 fully saturated rings. The van der Waals surface area contributed by atoms with Gasteiger partial charge >= 0.3 is 6.18 Å². The van der Waals surface area contributed by atoms with Crippen molar-refractivity contribution in [3.63, 3.8) is 0 Å². The van der Waals surface area contributed by atoms with E-state index in [2.05, 4.69) is 26.0 Å².